The van der Waals surface area contributed by atoms with Crippen LogP contribution in [0.15, 0.2) is 12.2 Å². The molecule has 1 heterocycles. The number of hydrogen-bond donors (Lipinski definition) is 3. The van der Waals surface area contributed by atoms with Crippen LogP contribution >= 0.6 is 0 Å². The quantitative estimate of drug-likeness (QED) is 0.190. The predicted octanol–water partition coefficient (Wildman–Crippen LogP) is 4.91. The summed E-state index contributed by atoms with van der Waals surface area (Å²) >= 11 is 0. The normalized spacial score (nSPS) is 22.9. The van der Waals surface area contributed by atoms with Crippen molar-refractivity contribution in [2.24, 2.45) is 0 Å². The van der Waals surface area contributed by atoms with Crippen LogP contribution in [0.4, 0.5) is 0 Å². The minimum absolute atomic E-state index is 0.0660. The summed E-state index contributed by atoms with van der Waals surface area (Å²) < 4.78 is 10.7. The van der Waals surface area contributed by atoms with Crippen molar-refractivity contribution in [3.63, 3.8) is 0 Å². The third-order valence-corrected chi connectivity index (χ3v) is 5.91. The second-order valence-electron chi connectivity index (χ2n) is 8.79. The average molecular weight is 429 g/mol. The number of unbranched alkanes of at least 4 members (excludes halogenated alkanes) is 13. The molecular weight excluding hydrogens is 380 g/mol. The van der Waals surface area contributed by atoms with Gasteiger partial charge in [0.15, 0.2) is 0 Å². The van der Waals surface area contributed by atoms with Crippen molar-refractivity contribution in [3.05, 3.63) is 12.2 Å². The van der Waals surface area contributed by atoms with Crippen molar-refractivity contribution in [2.75, 3.05) is 19.8 Å². The minimum Gasteiger partial charge on any atom is -0.388 e. The second kappa shape index (κ2) is 19.2. The summed E-state index contributed by atoms with van der Waals surface area (Å²) in [6.45, 7) is 3.08. The maximum atomic E-state index is 9.95. The fourth-order valence-corrected chi connectivity index (χ4v) is 3.89. The van der Waals surface area contributed by atoms with Gasteiger partial charge in [-0.1, -0.05) is 83.3 Å². The second-order valence-corrected chi connectivity index (χ2v) is 8.79. The van der Waals surface area contributed by atoms with Gasteiger partial charge in [0.2, 0.25) is 0 Å². The lowest BCUT2D eigenvalue weighted by Gasteiger charge is -2.20. The highest BCUT2D eigenvalue weighted by Crippen LogP contribution is 2.18. The smallest absolute Gasteiger partial charge is 0.114 e. The van der Waals surface area contributed by atoms with Gasteiger partial charge in [-0.15, -0.1) is 0 Å². The molecule has 0 saturated carbocycles. The Morgan fingerprint density at radius 1 is 0.833 bits per heavy atom. The van der Waals surface area contributed by atoms with Crippen LogP contribution in [0.2, 0.25) is 0 Å². The number of aliphatic hydroxyl groups is 3. The molecule has 3 N–H and O–H groups in total. The van der Waals surface area contributed by atoms with Crippen LogP contribution in [-0.4, -0.2) is 59.6 Å². The van der Waals surface area contributed by atoms with E-state index in [4.69, 9.17) is 9.47 Å². The van der Waals surface area contributed by atoms with Crippen LogP contribution in [0.5, 0.6) is 0 Å². The van der Waals surface area contributed by atoms with Crippen LogP contribution in [0.1, 0.15) is 103 Å². The van der Waals surface area contributed by atoms with Crippen molar-refractivity contribution in [1.29, 1.82) is 0 Å². The zero-order valence-corrected chi connectivity index (χ0v) is 19.4. The highest BCUT2D eigenvalue weighted by atomic mass is 16.5. The van der Waals surface area contributed by atoms with Crippen molar-refractivity contribution >= 4 is 0 Å². The zero-order valence-electron chi connectivity index (χ0n) is 19.4. The van der Waals surface area contributed by atoms with Crippen molar-refractivity contribution in [3.8, 4) is 0 Å². The predicted molar refractivity (Wildman–Crippen MR) is 123 cm³/mol. The van der Waals surface area contributed by atoms with Gasteiger partial charge in [-0.2, -0.15) is 0 Å². The van der Waals surface area contributed by atoms with Gasteiger partial charge >= 0.3 is 0 Å². The van der Waals surface area contributed by atoms with E-state index in [1.165, 1.54) is 77.0 Å². The van der Waals surface area contributed by atoms with E-state index in [-0.39, 0.29) is 13.2 Å². The molecule has 0 unspecified atom stereocenters. The summed E-state index contributed by atoms with van der Waals surface area (Å²) in [6.07, 6.45) is 20.5. The fourth-order valence-electron chi connectivity index (χ4n) is 3.89. The highest BCUT2D eigenvalue weighted by molar-refractivity contribution is 4.87. The van der Waals surface area contributed by atoms with Crippen LogP contribution in [0, 0.1) is 0 Å². The first-order valence-corrected chi connectivity index (χ1v) is 12.5. The van der Waals surface area contributed by atoms with Crippen LogP contribution in [0.25, 0.3) is 0 Å². The fraction of sp³-hybridized carbons (Fsp3) is 0.920. The Hall–Kier alpha value is -0.460. The minimum atomic E-state index is -1.03. The molecule has 30 heavy (non-hydrogen) atoms. The molecule has 0 aromatic carbocycles. The first kappa shape index (κ1) is 27.6. The molecule has 0 aromatic rings. The first-order chi connectivity index (χ1) is 14.7. The molecule has 1 rings (SSSR count). The van der Waals surface area contributed by atoms with Gasteiger partial charge in [0.25, 0.3) is 0 Å². The Bertz CT molecular complexity index is 401. The van der Waals surface area contributed by atoms with Crippen molar-refractivity contribution in [2.45, 2.75) is 128 Å². The lowest BCUT2D eigenvalue weighted by molar-refractivity contribution is -0.0813. The van der Waals surface area contributed by atoms with Gasteiger partial charge in [0, 0.05) is 6.61 Å². The summed E-state index contributed by atoms with van der Waals surface area (Å²) in [5.41, 5.74) is 0. The van der Waals surface area contributed by atoms with E-state index in [1.54, 1.807) is 0 Å². The third kappa shape index (κ3) is 13.8. The SMILES string of the molecule is CCCCCCCCCCC/C=C/CCCCCCOC[C@H](O)[C@H]1OC[C@@H](O)[C@H]1O. The Kier molecular flexibility index (Phi) is 17.7. The van der Waals surface area contributed by atoms with E-state index in [9.17, 15) is 15.3 Å². The van der Waals surface area contributed by atoms with Gasteiger partial charge < -0.3 is 24.8 Å². The Labute approximate surface area is 184 Å². The number of ether oxygens (including phenoxy) is 2. The number of rotatable bonds is 20. The topological polar surface area (TPSA) is 79.2 Å². The van der Waals surface area contributed by atoms with Gasteiger partial charge in [0.05, 0.1) is 13.2 Å². The van der Waals surface area contributed by atoms with E-state index in [0.717, 1.165) is 19.3 Å². The molecule has 4 atom stereocenters. The van der Waals surface area contributed by atoms with E-state index in [1.807, 2.05) is 0 Å². The third-order valence-electron chi connectivity index (χ3n) is 5.91. The number of allylic oxidation sites excluding steroid dienone is 2. The molecule has 5 nitrogen and oxygen atoms in total. The maximum Gasteiger partial charge on any atom is 0.114 e. The van der Waals surface area contributed by atoms with E-state index in [0.29, 0.717) is 6.61 Å². The summed E-state index contributed by atoms with van der Waals surface area (Å²) in [5, 5.41) is 29.1. The van der Waals surface area contributed by atoms with Crippen molar-refractivity contribution < 1.29 is 24.8 Å². The van der Waals surface area contributed by atoms with E-state index < -0.39 is 24.4 Å². The largest absolute Gasteiger partial charge is 0.388 e. The summed E-state index contributed by atoms with van der Waals surface area (Å²) in [5.74, 6) is 0. The van der Waals surface area contributed by atoms with Crippen LogP contribution < -0.4 is 0 Å². The standard InChI is InChI=1S/C25H48O5/c1-2-3-4-5-6-7-8-9-10-11-12-13-14-15-16-17-18-19-29-20-23(27)25-24(28)22(26)21-30-25/h12-13,22-28H,2-11,14-21H2,1H3/b13-12+/t22-,23+,24-,25-/m1/s1. The zero-order chi connectivity index (χ0) is 21.9. The lowest BCUT2D eigenvalue weighted by Crippen LogP contribution is -2.40. The molecule has 0 bridgehead atoms. The Morgan fingerprint density at radius 2 is 1.37 bits per heavy atom. The monoisotopic (exact) mass is 428 g/mol. The van der Waals surface area contributed by atoms with Gasteiger partial charge in [-0.25, -0.2) is 0 Å². The molecule has 1 aliphatic rings. The Morgan fingerprint density at radius 3 is 1.90 bits per heavy atom. The van der Waals surface area contributed by atoms with E-state index in [2.05, 4.69) is 19.1 Å². The molecule has 0 amide bonds. The maximum absolute atomic E-state index is 9.95. The molecule has 1 aliphatic heterocycles. The van der Waals surface area contributed by atoms with Crippen molar-refractivity contribution in [1.82, 2.24) is 0 Å². The highest BCUT2D eigenvalue weighted by Gasteiger charge is 2.39. The molecular formula is C25H48O5. The number of hydrogen-bond acceptors (Lipinski definition) is 5. The molecule has 1 fully saturated rings. The lowest BCUT2D eigenvalue weighted by atomic mass is 10.1. The molecule has 0 aliphatic carbocycles. The first-order valence-electron chi connectivity index (χ1n) is 12.5. The molecule has 1 saturated heterocycles. The summed E-state index contributed by atoms with van der Waals surface area (Å²) in [4.78, 5) is 0. The molecule has 0 radical (unpaired) electrons. The average Bonchev–Trinajstić information content (AvgIpc) is 3.08. The van der Waals surface area contributed by atoms with Crippen LogP contribution in [0.3, 0.4) is 0 Å². The summed E-state index contributed by atoms with van der Waals surface area (Å²) in [7, 11) is 0. The van der Waals surface area contributed by atoms with Crippen LogP contribution in [-0.2, 0) is 9.47 Å². The molecule has 0 aromatic heterocycles. The molecule has 5 heteroatoms. The molecule has 0 spiro atoms. The van der Waals surface area contributed by atoms with Gasteiger partial charge in [-0.3, -0.25) is 0 Å². The molecule has 178 valence electrons. The number of aliphatic hydroxyl groups excluding tert-OH is 3. The summed E-state index contributed by atoms with van der Waals surface area (Å²) in [6, 6.07) is 0. The Balaban J connectivity index is 1.78. The van der Waals surface area contributed by atoms with Gasteiger partial charge in [-0.05, 0) is 32.1 Å². The van der Waals surface area contributed by atoms with Gasteiger partial charge in [0.1, 0.15) is 24.4 Å². The van der Waals surface area contributed by atoms with E-state index >= 15 is 0 Å².